The third kappa shape index (κ3) is 10.2. The van der Waals surface area contributed by atoms with Crippen molar-refractivity contribution in [1.82, 2.24) is 0 Å². The van der Waals surface area contributed by atoms with Crippen LogP contribution in [0, 0.1) is 6.92 Å². The van der Waals surface area contributed by atoms with E-state index in [4.69, 9.17) is 16.5 Å². The van der Waals surface area contributed by atoms with Crippen molar-refractivity contribution in [2.24, 2.45) is 0 Å². The lowest BCUT2D eigenvalue weighted by molar-refractivity contribution is 0.329. The quantitative estimate of drug-likeness (QED) is 0.0535. The van der Waals surface area contributed by atoms with E-state index in [9.17, 15) is 0 Å². The first-order chi connectivity index (χ1) is 38.5. The summed E-state index contributed by atoms with van der Waals surface area (Å²) < 4.78 is 35.9. The van der Waals surface area contributed by atoms with Crippen molar-refractivity contribution in [2.75, 3.05) is 0 Å². The Labute approximate surface area is 465 Å². The highest BCUT2D eigenvalue weighted by atomic mass is 28.5. The zero-order valence-electron chi connectivity index (χ0n) is 43.5. The molecule has 0 N–H and O–H groups in total. The van der Waals surface area contributed by atoms with Gasteiger partial charge in [0, 0.05) is 0 Å². The fourth-order valence-corrected chi connectivity index (χ4v) is 38.7. The second-order valence-corrected chi connectivity index (χ2v) is 36.2. The first kappa shape index (κ1) is 52.4. The van der Waals surface area contributed by atoms with Gasteiger partial charge in [-0.2, -0.15) is 0 Å². The first-order valence-corrected chi connectivity index (χ1v) is 36.2. The number of benzene rings is 11. The van der Waals surface area contributed by atoms with Gasteiger partial charge in [-0.25, -0.2) is 0 Å². The van der Waals surface area contributed by atoms with Crippen molar-refractivity contribution >= 4 is 99.4 Å². The molecule has 0 aliphatic heterocycles. The minimum absolute atomic E-state index is 0.636. The zero-order chi connectivity index (χ0) is 53.0. The molecule has 0 amide bonds. The average Bonchev–Trinajstić information content (AvgIpc) is 3.68. The molecule has 0 heterocycles. The molecule has 0 bridgehead atoms. The van der Waals surface area contributed by atoms with Gasteiger partial charge in [-0.1, -0.05) is 347 Å². The van der Waals surface area contributed by atoms with Crippen LogP contribution < -0.4 is 57.1 Å². The highest BCUT2D eigenvalue weighted by molar-refractivity contribution is 7.17. The van der Waals surface area contributed by atoms with E-state index in [1.807, 2.05) is 0 Å². The van der Waals surface area contributed by atoms with Crippen LogP contribution in [0.1, 0.15) is 6.42 Å². The lowest BCUT2D eigenvalue weighted by Gasteiger charge is -2.50. The van der Waals surface area contributed by atoms with Crippen LogP contribution in [0.5, 0.6) is 0 Å². The van der Waals surface area contributed by atoms with E-state index in [1.54, 1.807) is 0 Å². The maximum atomic E-state index is 9.10. The average molecular weight is 1090 g/mol. The Bertz CT molecular complexity index is 3310. The van der Waals surface area contributed by atoms with Crippen LogP contribution in [0.2, 0.25) is 6.04 Å². The lowest BCUT2D eigenvalue weighted by Crippen LogP contribution is -2.85. The molecule has 11 aromatic carbocycles. The second kappa shape index (κ2) is 23.9. The molecule has 11 aromatic rings. The summed E-state index contributed by atoms with van der Waals surface area (Å²) in [7, 11) is -19.9. The van der Waals surface area contributed by atoms with Crippen LogP contribution in [0.3, 0.4) is 0 Å². The van der Waals surface area contributed by atoms with Gasteiger partial charge in [0.2, 0.25) is 8.32 Å². The largest absolute Gasteiger partial charge is 0.422 e. The molecule has 11 rings (SSSR count). The van der Waals surface area contributed by atoms with Crippen molar-refractivity contribution in [3.05, 3.63) is 341 Å². The van der Waals surface area contributed by atoms with Crippen LogP contribution in [0.15, 0.2) is 334 Å². The lowest BCUT2D eigenvalue weighted by atomic mass is 10.3. The van der Waals surface area contributed by atoms with Gasteiger partial charge in [0.1, 0.15) is 0 Å². The fourth-order valence-electron chi connectivity index (χ4n) is 11.1. The van der Waals surface area contributed by atoms with E-state index in [2.05, 4.69) is 341 Å². The van der Waals surface area contributed by atoms with Gasteiger partial charge in [-0.15, -0.1) is 0 Å². The molecule has 0 aromatic heterocycles. The summed E-state index contributed by atoms with van der Waals surface area (Å²) in [5.74, 6) is 0. The molecule has 0 spiro atoms. The third-order valence-corrected chi connectivity index (χ3v) is 37.8. The molecular formula is C69H61O4Si5. The SMILES string of the molecule is [CH2]CC[Si](O[Si](O[Si](O[Si](O[Si](c1ccccc1)(c1ccccc1)c1ccccc1)(c1ccccc1)c1ccccc1)(c1ccccc1)c1ccccc1)(c1ccccc1)c1ccccc1)(c1ccccc1)c1ccccc1. The second-order valence-electron chi connectivity index (χ2n) is 19.4. The van der Waals surface area contributed by atoms with E-state index in [1.165, 1.54) is 0 Å². The summed E-state index contributed by atoms with van der Waals surface area (Å²) in [5.41, 5.74) is 0. The molecule has 4 nitrogen and oxygen atoms in total. The summed E-state index contributed by atoms with van der Waals surface area (Å²) in [6.45, 7) is 4.60. The van der Waals surface area contributed by atoms with Crippen LogP contribution in [0.4, 0.5) is 0 Å². The molecule has 0 unspecified atom stereocenters. The molecule has 0 atom stereocenters. The summed E-state index contributed by atoms with van der Waals surface area (Å²) >= 11 is 0. The Hall–Kier alpha value is -7.66. The Balaban J connectivity index is 1.30. The maximum absolute atomic E-state index is 9.10. The molecule has 9 heteroatoms. The van der Waals surface area contributed by atoms with E-state index in [0.717, 1.165) is 57.1 Å². The van der Waals surface area contributed by atoms with E-state index in [0.29, 0.717) is 12.5 Å². The number of hydrogen-bond donors (Lipinski definition) is 0. The zero-order valence-corrected chi connectivity index (χ0v) is 48.5. The first-order valence-electron chi connectivity index (χ1n) is 26.8. The minimum atomic E-state index is -4.37. The number of rotatable bonds is 21. The fraction of sp³-hybridized carbons (Fsp3) is 0.0290. The van der Waals surface area contributed by atoms with Gasteiger partial charge >= 0.3 is 25.7 Å². The summed E-state index contributed by atoms with van der Waals surface area (Å²) in [6, 6.07) is 119. The van der Waals surface area contributed by atoms with E-state index >= 15 is 0 Å². The minimum Gasteiger partial charge on any atom is -0.422 e. The Morgan fingerprint density at radius 1 is 0.205 bits per heavy atom. The van der Waals surface area contributed by atoms with Gasteiger partial charge in [0.25, 0.3) is 8.32 Å². The Kier molecular flexibility index (Phi) is 16.1. The smallest absolute Gasteiger partial charge is 0.390 e. The van der Waals surface area contributed by atoms with Gasteiger partial charge in [0.05, 0.1) is 0 Å². The molecule has 0 aliphatic rings. The van der Waals surface area contributed by atoms with E-state index in [-0.39, 0.29) is 0 Å². The topological polar surface area (TPSA) is 36.9 Å². The van der Waals surface area contributed by atoms with Crippen LogP contribution in [-0.4, -0.2) is 42.3 Å². The van der Waals surface area contributed by atoms with Crippen molar-refractivity contribution < 1.29 is 16.5 Å². The normalized spacial score (nSPS) is 12.2. The van der Waals surface area contributed by atoms with Crippen LogP contribution in [-0.2, 0) is 16.5 Å². The molecule has 0 saturated heterocycles. The Morgan fingerprint density at radius 3 is 0.603 bits per heavy atom. The van der Waals surface area contributed by atoms with E-state index < -0.39 is 42.3 Å². The van der Waals surface area contributed by atoms with Crippen molar-refractivity contribution in [3.63, 3.8) is 0 Å². The molecule has 0 saturated carbocycles. The highest BCUT2D eigenvalue weighted by Gasteiger charge is 2.64. The Morgan fingerprint density at radius 2 is 0.385 bits per heavy atom. The molecular weight excluding hydrogens is 1030 g/mol. The highest BCUT2D eigenvalue weighted by Crippen LogP contribution is 2.30. The predicted octanol–water partition coefficient (Wildman–Crippen LogP) is 8.47. The summed E-state index contributed by atoms with van der Waals surface area (Å²) in [5, 5.41) is 11.2. The van der Waals surface area contributed by atoms with Gasteiger partial charge in [-0.3, -0.25) is 0 Å². The van der Waals surface area contributed by atoms with Crippen LogP contribution >= 0.6 is 0 Å². The molecule has 0 fully saturated rings. The van der Waals surface area contributed by atoms with Crippen molar-refractivity contribution in [2.45, 2.75) is 12.5 Å². The molecule has 381 valence electrons. The molecule has 1 radical (unpaired) electrons. The summed E-state index contributed by atoms with van der Waals surface area (Å²) in [4.78, 5) is 0. The van der Waals surface area contributed by atoms with Gasteiger partial charge in [0.15, 0.2) is 0 Å². The summed E-state index contributed by atoms with van der Waals surface area (Å²) in [6.07, 6.45) is 0.636. The predicted molar refractivity (Wildman–Crippen MR) is 335 cm³/mol. The van der Waals surface area contributed by atoms with Crippen molar-refractivity contribution in [1.29, 1.82) is 0 Å². The maximum Gasteiger partial charge on any atom is 0.390 e. The molecule has 78 heavy (non-hydrogen) atoms. The van der Waals surface area contributed by atoms with Gasteiger partial charge < -0.3 is 16.5 Å². The van der Waals surface area contributed by atoms with Gasteiger partial charge in [-0.05, 0) is 63.1 Å². The van der Waals surface area contributed by atoms with Crippen LogP contribution in [0.25, 0.3) is 0 Å². The van der Waals surface area contributed by atoms with Crippen molar-refractivity contribution in [3.8, 4) is 0 Å². The third-order valence-electron chi connectivity index (χ3n) is 14.7. The monoisotopic (exact) mass is 1090 g/mol. The molecule has 0 aliphatic carbocycles. The number of hydrogen-bond acceptors (Lipinski definition) is 4. The standard InChI is InChI=1S/C69H61O4Si5/c1-2-58-74(59-36-14-3-15-37-59,60-38-16-4-17-39-60)70-76(64-46-24-8-25-47-64,65-48-26-9-27-49-65)72-78(68-54-32-12-33-55-68,69-56-34-13-35-57-69)73-77(66-50-28-10-29-51-66,67-52-30-11-31-53-67)71-75(61-40-18-5-19-41-61,62-42-20-6-21-43-62)63-44-22-7-23-45-63/h3-57H,1-2,58H2.